The van der Waals surface area contributed by atoms with Crippen molar-refractivity contribution < 1.29 is 29.0 Å². The average molecular weight is 376 g/mol. The highest BCUT2D eigenvalue weighted by molar-refractivity contribution is 5.94. The first-order valence-electron chi connectivity index (χ1n) is 8.92. The van der Waals surface area contributed by atoms with E-state index in [-0.39, 0.29) is 18.2 Å². The van der Waals surface area contributed by atoms with Gasteiger partial charge in [-0.2, -0.15) is 0 Å². The number of hydrogen-bond acceptors (Lipinski definition) is 5. The first kappa shape index (κ1) is 19.0. The van der Waals surface area contributed by atoms with Crippen LogP contribution in [0.25, 0.3) is 0 Å². The molecule has 2 N–H and O–H groups in total. The molecule has 1 saturated carbocycles. The molecule has 3 rings (SSSR count). The van der Waals surface area contributed by atoms with Crippen LogP contribution in [-0.4, -0.2) is 60.6 Å². The van der Waals surface area contributed by atoms with Crippen LogP contribution in [0.2, 0.25) is 0 Å². The van der Waals surface area contributed by atoms with Crippen molar-refractivity contribution in [2.75, 3.05) is 27.3 Å². The smallest absolute Gasteiger partial charge is 0.329 e. The molecular weight excluding hydrogens is 352 g/mol. The van der Waals surface area contributed by atoms with Crippen molar-refractivity contribution in [3.8, 4) is 11.5 Å². The highest BCUT2D eigenvalue weighted by Gasteiger charge is 2.52. The van der Waals surface area contributed by atoms with Gasteiger partial charge in [-0.05, 0) is 37.0 Å². The Kier molecular flexibility index (Phi) is 5.25. The summed E-state index contributed by atoms with van der Waals surface area (Å²) in [4.78, 5) is 37.4. The molecule has 8 nitrogen and oxygen atoms in total. The number of carboxylic acids is 1. The van der Waals surface area contributed by atoms with Gasteiger partial charge in [-0.1, -0.05) is 6.07 Å². The van der Waals surface area contributed by atoms with Crippen LogP contribution < -0.4 is 14.8 Å². The van der Waals surface area contributed by atoms with Crippen molar-refractivity contribution in [3.63, 3.8) is 0 Å². The van der Waals surface area contributed by atoms with Crippen LogP contribution in [0.4, 0.5) is 0 Å². The van der Waals surface area contributed by atoms with Crippen molar-refractivity contribution in [3.05, 3.63) is 23.8 Å². The number of rotatable bonds is 8. The monoisotopic (exact) mass is 376 g/mol. The first-order valence-corrected chi connectivity index (χ1v) is 8.92. The van der Waals surface area contributed by atoms with E-state index in [0.29, 0.717) is 43.9 Å². The number of likely N-dealkylation sites (tertiary alicyclic amines) is 1. The van der Waals surface area contributed by atoms with Crippen LogP contribution in [0.15, 0.2) is 18.2 Å². The average Bonchev–Trinajstić information content (AvgIpc) is 3.35. The molecule has 1 aliphatic heterocycles. The van der Waals surface area contributed by atoms with Gasteiger partial charge in [0, 0.05) is 19.5 Å². The molecule has 1 heterocycles. The summed E-state index contributed by atoms with van der Waals surface area (Å²) in [6.45, 7) is 0.801. The number of nitrogens with zero attached hydrogens (tertiary/aromatic N) is 1. The Labute approximate surface area is 157 Å². The zero-order valence-corrected chi connectivity index (χ0v) is 15.5. The van der Waals surface area contributed by atoms with E-state index in [1.807, 2.05) is 18.2 Å². The molecule has 1 aromatic carbocycles. The Hall–Kier alpha value is -2.77. The number of ether oxygens (including phenoxy) is 2. The number of aliphatic carboxylic acids is 1. The standard InChI is InChI=1S/C19H24N2O6/c1-26-14-4-3-12(9-15(14)27-2)5-8-21-11-13(10-16(21)22)17(23)20-19(6-7-19)18(24)25/h3-4,9,13H,5-8,10-11H2,1-2H3,(H,20,23)(H,24,25). The molecule has 2 amide bonds. The lowest BCUT2D eigenvalue weighted by Gasteiger charge is -2.18. The molecule has 2 aliphatic rings. The number of methoxy groups -OCH3 is 2. The maximum Gasteiger partial charge on any atom is 0.329 e. The van der Waals surface area contributed by atoms with E-state index in [1.54, 1.807) is 19.1 Å². The number of carboxylic acid groups (broad SMARTS) is 1. The minimum Gasteiger partial charge on any atom is -0.493 e. The number of benzene rings is 1. The lowest BCUT2D eigenvalue weighted by atomic mass is 10.1. The lowest BCUT2D eigenvalue weighted by molar-refractivity contribution is -0.143. The Morgan fingerprint density at radius 1 is 1.26 bits per heavy atom. The SMILES string of the molecule is COc1ccc(CCN2CC(C(=O)NC3(C(=O)O)CC3)CC2=O)cc1OC. The largest absolute Gasteiger partial charge is 0.493 e. The maximum atomic E-state index is 12.3. The number of nitrogens with one attached hydrogen (secondary N) is 1. The van der Waals surface area contributed by atoms with E-state index in [0.717, 1.165) is 5.56 Å². The molecule has 27 heavy (non-hydrogen) atoms. The summed E-state index contributed by atoms with van der Waals surface area (Å²) in [6, 6.07) is 5.60. The summed E-state index contributed by atoms with van der Waals surface area (Å²) in [7, 11) is 3.14. The van der Waals surface area contributed by atoms with Crippen LogP contribution >= 0.6 is 0 Å². The van der Waals surface area contributed by atoms with Crippen molar-refractivity contribution in [1.82, 2.24) is 10.2 Å². The van der Waals surface area contributed by atoms with Crippen LogP contribution in [0.5, 0.6) is 11.5 Å². The molecule has 1 atom stereocenters. The summed E-state index contributed by atoms with van der Waals surface area (Å²) in [5, 5.41) is 11.8. The van der Waals surface area contributed by atoms with Crippen molar-refractivity contribution in [2.45, 2.75) is 31.2 Å². The van der Waals surface area contributed by atoms with Gasteiger partial charge in [0.15, 0.2) is 11.5 Å². The highest BCUT2D eigenvalue weighted by Crippen LogP contribution is 2.36. The summed E-state index contributed by atoms with van der Waals surface area (Å²) in [6.07, 6.45) is 1.63. The predicted molar refractivity (Wildman–Crippen MR) is 95.7 cm³/mol. The van der Waals surface area contributed by atoms with Gasteiger partial charge in [0.1, 0.15) is 5.54 Å². The highest BCUT2D eigenvalue weighted by atomic mass is 16.5. The molecule has 0 spiro atoms. The Bertz CT molecular complexity index is 759. The van der Waals surface area contributed by atoms with Gasteiger partial charge in [0.25, 0.3) is 0 Å². The summed E-state index contributed by atoms with van der Waals surface area (Å²) in [5.74, 6) is -0.677. The zero-order valence-electron chi connectivity index (χ0n) is 15.5. The number of hydrogen-bond donors (Lipinski definition) is 2. The van der Waals surface area contributed by atoms with Gasteiger partial charge in [-0.3, -0.25) is 9.59 Å². The number of amides is 2. The molecule has 146 valence electrons. The molecule has 0 radical (unpaired) electrons. The molecular formula is C19H24N2O6. The van der Waals surface area contributed by atoms with Crippen LogP contribution in [0, 0.1) is 5.92 Å². The maximum absolute atomic E-state index is 12.3. The number of carbonyl (C=O) groups is 3. The third-order valence-electron chi connectivity index (χ3n) is 5.23. The van der Waals surface area contributed by atoms with Crippen LogP contribution in [-0.2, 0) is 20.8 Å². The van der Waals surface area contributed by atoms with Crippen LogP contribution in [0.1, 0.15) is 24.8 Å². The van der Waals surface area contributed by atoms with Gasteiger partial charge >= 0.3 is 5.97 Å². The minimum atomic E-state index is -1.12. The quantitative estimate of drug-likeness (QED) is 0.696. The molecule has 2 fully saturated rings. The summed E-state index contributed by atoms with van der Waals surface area (Å²) in [5.41, 5.74) is -0.121. The molecule has 1 unspecified atom stereocenters. The van der Waals surface area contributed by atoms with E-state index < -0.39 is 17.4 Å². The molecule has 0 bridgehead atoms. The number of carbonyl (C=O) groups excluding carboxylic acids is 2. The van der Waals surface area contributed by atoms with Gasteiger partial charge in [0.05, 0.1) is 20.1 Å². The normalized spacial score (nSPS) is 20.3. The molecule has 8 heteroatoms. The van der Waals surface area contributed by atoms with E-state index in [1.165, 1.54) is 0 Å². The third kappa shape index (κ3) is 3.99. The molecule has 0 aromatic heterocycles. The molecule has 1 saturated heterocycles. The molecule has 1 aliphatic carbocycles. The minimum absolute atomic E-state index is 0.0872. The molecule has 1 aromatic rings. The van der Waals surface area contributed by atoms with Gasteiger partial charge in [0.2, 0.25) is 11.8 Å². The van der Waals surface area contributed by atoms with E-state index >= 15 is 0 Å². The van der Waals surface area contributed by atoms with Crippen molar-refractivity contribution in [1.29, 1.82) is 0 Å². The third-order valence-corrected chi connectivity index (χ3v) is 5.23. The first-order chi connectivity index (χ1) is 12.9. The topological polar surface area (TPSA) is 105 Å². The second kappa shape index (κ2) is 7.46. The Morgan fingerprint density at radius 2 is 1.96 bits per heavy atom. The summed E-state index contributed by atoms with van der Waals surface area (Å²) < 4.78 is 10.5. The van der Waals surface area contributed by atoms with Crippen molar-refractivity contribution in [2.24, 2.45) is 5.92 Å². The van der Waals surface area contributed by atoms with Crippen LogP contribution in [0.3, 0.4) is 0 Å². The second-order valence-electron chi connectivity index (χ2n) is 7.06. The van der Waals surface area contributed by atoms with E-state index in [2.05, 4.69) is 5.32 Å². The Morgan fingerprint density at radius 3 is 2.56 bits per heavy atom. The second-order valence-corrected chi connectivity index (χ2v) is 7.06. The van der Waals surface area contributed by atoms with Gasteiger partial charge in [-0.25, -0.2) is 4.79 Å². The van der Waals surface area contributed by atoms with Crippen molar-refractivity contribution >= 4 is 17.8 Å². The van der Waals surface area contributed by atoms with Gasteiger partial charge < -0.3 is 24.8 Å². The summed E-state index contributed by atoms with van der Waals surface area (Å²) >= 11 is 0. The van der Waals surface area contributed by atoms with Gasteiger partial charge in [-0.15, -0.1) is 0 Å². The fourth-order valence-corrected chi connectivity index (χ4v) is 3.32. The van der Waals surface area contributed by atoms with E-state index in [4.69, 9.17) is 9.47 Å². The Balaban J connectivity index is 1.55. The zero-order chi connectivity index (χ0) is 19.6. The predicted octanol–water partition coefficient (Wildman–Crippen LogP) is 0.828. The van der Waals surface area contributed by atoms with E-state index in [9.17, 15) is 19.5 Å². The fourth-order valence-electron chi connectivity index (χ4n) is 3.32. The fraction of sp³-hybridized carbons (Fsp3) is 0.526. The lowest BCUT2D eigenvalue weighted by Crippen LogP contribution is -2.46.